The summed E-state index contributed by atoms with van der Waals surface area (Å²) in [5, 5.41) is 4.13. The Morgan fingerprint density at radius 2 is 2.03 bits per heavy atom. The summed E-state index contributed by atoms with van der Waals surface area (Å²) in [6.07, 6.45) is 7.44. The number of anilines is 1. The molecule has 2 aliphatic rings. The second-order valence-corrected chi connectivity index (χ2v) is 8.75. The average molecular weight is 429 g/mol. The van der Waals surface area contributed by atoms with Crippen LogP contribution in [0.2, 0.25) is 0 Å². The van der Waals surface area contributed by atoms with Gasteiger partial charge in [-0.25, -0.2) is 4.98 Å². The normalized spacial score (nSPS) is 17.0. The fourth-order valence-electron chi connectivity index (χ4n) is 5.33. The molecule has 3 aromatic rings. The Morgan fingerprint density at radius 1 is 1.25 bits per heavy atom. The monoisotopic (exact) mass is 428 g/mol. The van der Waals surface area contributed by atoms with Crippen molar-refractivity contribution in [3.05, 3.63) is 65.0 Å². The van der Waals surface area contributed by atoms with Crippen LogP contribution in [0.15, 0.2) is 42.6 Å². The molecule has 6 nitrogen and oxygen atoms in total. The summed E-state index contributed by atoms with van der Waals surface area (Å²) >= 11 is 0. The molecule has 0 fully saturated rings. The molecule has 5 rings (SSSR count). The molecule has 0 unspecified atom stereocenters. The molecule has 6 heteroatoms. The van der Waals surface area contributed by atoms with Crippen molar-refractivity contribution in [2.45, 2.75) is 45.1 Å². The van der Waals surface area contributed by atoms with Gasteiger partial charge in [-0.2, -0.15) is 0 Å². The number of para-hydroxylation sites is 1. The molecule has 0 aliphatic carbocycles. The Hall–Kier alpha value is -3.41. The van der Waals surface area contributed by atoms with Crippen molar-refractivity contribution in [1.82, 2.24) is 14.5 Å². The van der Waals surface area contributed by atoms with E-state index in [9.17, 15) is 9.59 Å². The Labute approximate surface area is 187 Å². The SMILES string of the molecule is CCC1(CC)C(=O)Nc2ncc(/C=C/C(=O)N3CCc4c(c5ccccc5n4C)C3)cc21. The van der Waals surface area contributed by atoms with Gasteiger partial charge in [0.15, 0.2) is 0 Å². The second kappa shape index (κ2) is 7.62. The number of carbonyl (C=O) groups is 2. The van der Waals surface area contributed by atoms with Crippen molar-refractivity contribution in [2.24, 2.45) is 7.05 Å². The summed E-state index contributed by atoms with van der Waals surface area (Å²) in [4.78, 5) is 31.9. The van der Waals surface area contributed by atoms with Gasteiger partial charge in [0.05, 0.1) is 5.41 Å². The molecule has 0 radical (unpaired) electrons. The largest absolute Gasteiger partial charge is 0.347 e. The highest BCUT2D eigenvalue weighted by atomic mass is 16.2. The van der Waals surface area contributed by atoms with Gasteiger partial charge < -0.3 is 14.8 Å². The molecule has 164 valence electrons. The zero-order valence-corrected chi connectivity index (χ0v) is 18.8. The molecule has 32 heavy (non-hydrogen) atoms. The van der Waals surface area contributed by atoms with Crippen LogP contribution in [0.25, 0.3) is 17.0 Å². The van der Waals surface area contributed by atoms with Crippen molar-refractivity contribution < 1.29 is 9.59 Å². The van der Waals surface area contributed by atoms with Crippen LogP contribution in [0.3, 0.4) is 0 Å². The van der Waals surface area contributed by atoms with Crippen LogP contribution in [-0.4, -0.2) is 32.8 Å². The molecule has 0 saturated carbocycles. The number of carbonyl (C=O) groups excluding carboxylic acids is 2. The van der Waals surface area contributed by atoms with Crippen LogP contribution in [0.4, 0.5) is 5.82 Å². The number of aromatic nitrogens is 2. The van der Waals surface area contributed by atoms with E-state index in [1.54, 1.807) is 12.3 Å². The molecule has 1 N–H and O–H groups in total. The maximum Gasteiger partial charge on any atom is 0.246 e. The molecule has 0 atom stereocenters. The minimum Gasteiger partial charge on any atom is -0.347 e. The number of nitrogens with one attached hydrogen (secondary N) is 1. The predicted molar refractivity (Wildman–Crippen MR) is 126 cm³/mol. The van der Waals surface area contributed by atoms with Crippen LogP contribution >= 0.6 is 0 Å². The highest BCUT2D eigenvalue weighted by Gasteiger charge is 2.44. The van der Waals surface area contributed by atoms with Crippen LogP contribution in [-0.2, 0) is 35.0 Å². The van der Waals surface area contributed by atoms with Gasteiger partial charge in [0.2, 0.25) is 11.8 Å². The van der Waals surface area contributed by atoms with Crippen LogP contribution in [0, 0.1) is 0 Å². The molecular weight excluding hydrogens is 400 g/mol. The van der Waals surface area contributed by atoms with E-state index in [0.29, 0.717) is 18.9 Å². The van der Waals surface area contributed by atoms with Gasteiger partial charge in [0.1, 0.15) is 5.82 Å². The topological polar surface area (TPSA) is 67.2 Å². The lowest BCUT2D eigenvalue weighted by Crippen LogP contribution is -2.35. The maximum atomic E-state index is 13.0. The number of aryl methyl sites for hydroxylation is 1. The molecule has 0 spiro atoms. The standard InChI is InChI=1S/C26H28N4O2/c1-4-26(5-2)20-14-17(15-27-24(20)28-25(26)32)10-11-23(31)30-13-12-22-19(16-30)18-8-6-7-9-21(18)29(22)3/h6-11,14-15H,4-5,12-13,16H2,1-3H3,(H,27,28,32)/b11-10+. The molecule has 0 bridgehead atoms. The summed E-state index contributed by atoms with van der Waals surface area (Å²) in [7, 11) is 2.10. The van der Waals surface area contributed by atoms with E-state index in [1.807, 2.05) is 30.9 Å². The van der Waals surface area contributed by atoms with Crippen molar-refractivity contribution in [1.29, 1.82) is 0 Å². The number of benzene rings is 1. The number of pyridine rings is 1. The first-order valence-electron chi connectivity index (χ1n) is 11.3. The third-order valence-corrected chi connectivity index (χ3v) is 7.34. The molecule has 1 aromatic carbocycles. The second-order valence-electron chi connectivity index (χ2n) is 8.75. The summed E-state index contributed by atoms with van der Waals surface area (Å²) in [5.41, 5.74) is 5.01. The van der Waals surface area contributed by atoms with E-state index in [2.05, 4.69) is 46.2 Å². The molecule has 2 aliphatic heterocycles. The number of fused-ring (bicyclic) bond motifs is 4. The number of rotatable bonds is 4. The van der Waals surface area contributed by atoms with Gasteiger partial charge in [-0.3, -0.25) is 9.59 Å². The minimum atomic E-state index is -0.534. The first kappa shape index (κ1) is 20.5. The zero-order chi connectivity index (χ0) is 22.5. The lowest BCUT2D eigenvalue weighted by atomic mass is 9.77. The number of hydrogen-bond acceptors (Lipinski definition) is 3. The van der Waals surface area contributed by atoms with Crippen molar-refractivity contribution in [3.63, 3.8) is 0 Å². The van der Waals surface area contributed by atoms with Crippen molar-refractivity contribution >= 4 is 34.6 Å². The summed E-state index contributed by atoms with van der Waals surface area (Å²) in [6, 6.07) is 10.4. The average Bonchev–Trinajstić information content (AvgIpc) is 3.27. The van der Waals surface area contributed by atoms with Gasteiger partial charge in [0, 0.05) is 66.6 Å². The summed E-state index contributed by atoms with van der Waals surface area (Å²) < 4.78 is 2.25. The van der Waals surface area contributed by atoms with Crippen LogP contribution in [0.1, 0.15) is 49.1 Å². The van der Waals surface area contributed by atoms with Gasteiger partial charge in [-0.1, -0.05) is 32.0 Å². The minimum absolute atomic E-state index is 0.00414. The quantitative estimate of drug-likeness (QED) is 0.634. The molecule has 2 aromatic heterocycles. The predicted octanol–water partition coefficient (Wildman–Crippen LogP) is 4.18. The molecule has 2 amide bonds. The first-order valence-corrected chi connectivity index (χ1v) is 11.3. The Morgan fingerprint density at radius 3 is 2.81 bits per heavy atom. The van der Waals surface area contributed by atoms with E-state index >= 15 is 0 Å². The van der Waals surface area contributed by atoms with Gasteiger partial charge in [0.25, 0.3) is 0 Å². The zero-order valence-electron chi connectivity index (χ0n) is 18.8. The van der Waals surface area contributed by atoms with Gasteiger partial charge >= 0.3 is 0 Å². The lowest BCUT2D eigenvalue weighted by Gasteiger charge is -2.27. The number of nitrogens with zero attached hydrogens (tertiary/aromatic N) is 3. The highest BCUT2D eigenvalue weighted by Crippen LogP contribution is 2.42. The molecular formula is C26H28N4O2. The smallest absolute Gasteiger partial charge is 0.246 e. The first-order chi connectivity index (χ1) is 15.5. The van der Waals surface area contributed by atoms with Crippen molar-refractivity contribution in [3.8, 4) is 0 Å². The summed E-state index contributed by atoms with van der Waals surface area (Å²) in [5.74, 6) is 0.652. The van der Waals surface area contributed by atoms with E-state index < -0.39 is 5.41 Å². The van der Waals surface area contributed by atoms with Crippen LogP contribution < -0.4 is 5.32 Å². The van der Waals surface area contributed by atoms with E-state index in [1.165, 1.54) is 22.2 Å². The Balaban J connectivity index is 1.38. The fraction of sp³-hybridized carbons (Fsp3) is 0.346. The molecule has 4 heterocycles. The Bertz CT molecular complexity index is 1270. The van der Waals surface area contributed by atoms with Crippen molar-refractivity contribution in [2.75, 3.05) is 11.9 Å². The Kier molecular flexibility index (Phi) is 4.88. The van der Waals surface area contributed by atoms with E-state index in [4.69, 9.17) is 0 Å². The van der Waals surface area contributed by atoms with E-state index in [-0.39, 0.29) is 11.8 Å². The van der Waals surface area contributed by atoms with E-state index in [0.717, 1.165) is 30.4 Å². The van der Waals surface area contributed by atoms with Gasteiger partial charge in [-0.05, 0) is 36.6 Å². The number of amides is 2. The lowest BCUT2D eigenvalue weighted by molar-refractivity contribution is -0.126. The third-order valence-electron chi connectivity index (χ3n) is 7.34. The van der Waals surface area contributed by atoms with Crippen LogP contribution in [0.5, 0.6) is 0 Å². The fourth-order valence-corrected chi connectivity index (χ4v) is 5.33. The number of hydrogen-bond donors (Lipinski definition) is 1. The maximum absolute atomic E-state index is 13.0. The van der Waals surface area contributed by atoms with Gasteiger partial charge in [-0.15, -0.1) is 0 Å². The molecule has 0 saturated heterocycles. The highest BCUT2D eigenvalue weighted by molar-refractivity contribution is 6.05. The summed E-state index contributed by atoms with van der Waals surface area (Å²) in [6.45, 7) is 5.38. The third kappa shape index (κ3) is 2.97.